The standard InChI is InChI=1S/C20H27N5O.C2H6/c1-5-18(8-7-13-22-20(6-2)26-4)25-16(3)9-10-19(24-25)23-17-11-14-21-15-12-17;1-2/h2,5,7,9-10,13,17,21H,3,8,11-12,14-15H2,1,4H3,(H,23,24);1-2H3/b13-7-,18-5-,22-20?;. The van der Waals surface area contributed by atoms with E-state index >= 15 is 0 Å². The normalized spacial score (nSPS) is 19.9. The van der Waals surface area contributed by atoms with Gasteiger partial charge in [0.2, 0.25) is 0 Å². The molecule has 6 nitrogen and oxygen atoms in total. The summed E-state index contributed by atoms with van der Waals surface area (Å²) in [5.41, 5.74) is 5.26. The number of hydrogen-bond acceptors (Lipinski definition) is 5. The van der Waals surface area contributed by atoms with Gasteiger partial charge in [-0.25, -0.2) is 4.99 Å². The first-order chi connectivity index (χ1) is 13.7. The zero-order chi connectivity index (χ0) is 20.8. The van der Waals surface area contributed by atoms with Crippen LogP contribution in [0.15, 0.2) is 58.5 Å². The van der Waals surface area contributed by atoms with Crippen molar-refractivity contribution >= 4 is 11.7 Å². The molecule has 6 heteroatoms. The predicted octanol–water partition coefficient (Wildman–Crippen LogP) is 3.54. The summed E-state index contributed by atoms with van der Waals surface area (Å²) in [5.74, 6) is 3.48. The highest BCUT2D eigenvalue weighted by molar-refractivity contribution is 5.94. The summed E-state index contributed by atoms with van der Waals surface area (Å²) in [4.78, 5) is 8.90. The number of nitrogens with zero attached hydrogens (tertiary/aromatic N) is 3. The minimum atomic E-state index is 0.253. The molecule has 0 unspecified atom stereocenters. The van der Waals surface area contributed by atoms with Crippen LogP contribution in [0.4, 0.5) is 0 Å². The lowest BCUT2D eigenvalue weighted by Gasteiger charge is -2.32. The molecule has 2 heterocycles. The van der Waals surface area contributed by atoms with Gasteiger partial charge in [-0.05, 0) is 50.9 Å². The van der Waals surface area contributed by atoms with E-state index in [1.165, 1.54) is 7.11 Å². The van der Waals surface area contributed by atoms with Gasteiger partial charge in [0.1, 0.15) is 5.84 Å². The smallest absolute Gasteiger partial charge is 0.267 e. The maximum atomic E-state index is 5.27. The predicted molar refractivity (Wildman–Crippen MR) is 119 cm³/mol. The highest BCUT2D eigenvalue weighted by Gasteiger charge is 2.18. The van der Waals surface area contributed by atoms with Crippen LogP contribution < -0.4 is 10.7 Å². The lowest BCUT2D eigenvalue weighted by atomic mass is 10.1. The molecule has 2 rings (SSSR count). The molecule has 152 valence electrons. The third kappa shape index (κ3) is 7.45. The van der Waals surface area contributed by atoms with E-state index in [9.17, 15) is 0 Å². The topological polar surface area (TPSA) is 61.2 Å². The molecule has 0 saturated carbocycles. The van der Waals surface area contributed by atoms with Crippen molar-refractivity contribution in [3.05, 3.63) is 48.5 Å². The molecule has 0 aliphatic carbocycles. The Kier molecular flexibility index (Phi) is 11.1. The molecule has 2 aliphatic rings. The van der Waals surface area contributed by atoms with Crippen LogP contribution >= 0.6 is 0 Å². The first-order valence-electron chi connectivity index (χ1n) is 9.78. The van der Waals surface area contributed by atoms with Gasteiger partial charge < -0.3 is 10.1 Å². The maximum absolute atomic E-state index is 5.27. The van der Waals surface area contributed by atoms with Gasteiger partial charge in [-0.2, -0.15) is 0 Å². The van der Waals surface area contributed by atoms with Crippen LogP contribution in [0.2, 0.25) is 0 Å². The van der Waals surface area contributed by atoms with Gasteiger partial charge in [0.25, 0.3) is 5.90 Å². The molecule has 0 bridgehead atoms. The molecule has 28 heavy (non-hydrogen) atoms. The van der Waals surface area contributed by atoms with Gasteiger partial charge in [-0.3, -0.25) is 15.4 Å². The number of ether oxygens (including phenoxy) is 1. The van der Waals surface area contributed by atoms with Gasteiger partial charge in [0.15, 0.2) is 0 Å². The van der Waals surface area contributed by atoms with Crippen LogP contribution in [0.5, 0.6) is 0 Å². The van der Waals surface area contributed by atoms with E-state index in [-0.39, 0.29) is 5.90 Å². The Morgan fingerprint density at radius 3 is 2.71 bits per heavy atom. The summed E-state index contributed by atoms with van der Waals surface area (Å²) >= 11 is 0. The molecule has 1 fully saturated rings. The van der Waals surface area contributed by atoms with Crippen molar-refractivity contribution in [1.29, 1.82) is 0 Å². The minimum Gasteiger partial charge on any atom is -0.475 e. The second kappa shape index (κ2) is 13.4. The summed E-state index contributed by atoms with van der Waals surface area (Å²) in [7, 11) is 1.50. The van der Waals surface area contributed by atoms with Crippen LogP contribution in [0.1, 0.15) is 40.0 Å². The molecule has 1 saturated heterocycles. The highest BCUT2D eigenvalue weighted by Crippen LogP contribution is 2.18. The van der Waals surface area contributed by atoms with Gasteiger partial charge in [-0.1, -0.05) is 32.6 Å². The SMILES string of the molecule is C#CC(=N/C=C\C/C(=C/C)N1NC(=NC2CCNCC2)C=CC1=C)OC.CC. The van der Waals surface area contributed by atoms with E-state index in [0.29, 0.717) is 12.5 Å². The first-order valence-corrected chi connectivity index (χ1v) is 9.78. The Labute approximate surface area is 169 Å². The van der Waals surface area contributed by atoms with Gasteiger partial charge in [-0.15, -0.1) is 6.42 Å². The molecule has 2 N–H and O–H groups in total. The number of rotatable bonds is 5. The monoisotopic (exact) mass is 383 g/mol. The molecule has 2 aliphatic heterocycles. The quantitative estimate of drug-likeness (QED) is 0.433. The van der Waals surface area contributed by atoms with E-state index < -0.39 is 0 Å². The zero-order valence-corrected chi connectivity index (χ0v) is 17.5. The second-order valence-corrected chi connectivity index (χ2v) is 5.92. The highest BCUT2D eigenvalue weighted by atomic mass is 16.5. The van der Waals surface area contributed by atoms with Crippen LogP contribution in [-0.4, -0.2) is 43.0 Å². The number of hydrazine groups is 1. The van der Waals surface area contributed by atoms with E-state index in [4.69, 9.17) is 16.2 Å². The van der Waals surface area contributed by atoms with E-state index in [1.807, 2.05) is 50.1 Å². The molecule has 0 aromatic carbocycles. The Balaban J connectivity index is 0.00000190. The zero-order valence-electron chi connectivity index (χ0n) is 17.5. The summed E-state index contributed by atoms with van der Waals surface area (Å²) in [6.07, 6.45) is 17.6. The number of allylic oxidation sites excluding steroid dienone is 3. The van der Waals surface area contributed by atoms with Crippen molar-refractivity contribution in [1.82, 2.24) is 15.8 Å². The van der Waals surface area contributed by atoms with Crippen molar-refractivity contribution < 1.29 is 4.74 Å². The van der Waals surface area contributed by atoms with E-state index in [2.05, 4.69) is 28.2 Å². The Morgan fingerprint density at radius 2 is 2.11 bits per heavy atom. The first kappa shape index (κ1) is 23.3. The third-order valence-electron chi connectivity index (χ3n) is 4.14. The molecule has 0 aromatic heterocycles. The molecular weight excluding hydrogens is 350 g/mol. The second-order valence-electron chi connectivity index (χ2n) is 5.92. The fourth-order valence-electron chi connectivity index (χ4n) is 2.71. The number of aliphatic imine (C=N–C) groups is 2. The fraction of sp³-hybridized carbons (Fsp3) is 0.455. The van der Waals surface area contributed by atoms with Crippen molar-refractivity contribution in [2.24, 2.45) is 9.98 Å². The Hall–Kier alpha value is -2.78. The van der Waals surface area contributed by atoms with Crippen LogP contribution in [0, 0.1) is 12.3 Å². The average Bonchev–Trinajstić information content (AvgIpc) is 2.75. The molecule has 0 atom stereocenters. The van der Waals surface area contributed by atoms with Crippen LogP contribution in [0.25, 0.3) is 0 Å². The number of amidine groups is 1. The van der Waals surface area contributed by atoms with Gasteiger partial charge >= 0.3 is 0 Å². The Bertz CT molecular complexity index is 688. The molecule has 0 spiro atoms. The maximum Gasteiger partial charge on any atom is 0.267 e. The average molecular weight is 384 g/mol. The lowest BCUT2D eigenvalue weighted by molar-refractivity contribution is 0.378. The largest absolute Gasteiger partial charge is 0.475 e. The summed E-state index contributed by atoms with van der Waals surface area (Å²) in [6, 6.07) is 0.358. The number of hydrogen-bond donors (Lipinski definition) is 2. The van der Waals surface area contributed by atoms with Crippen molar-refractivity contribution in [3.63, 3.8) is 0 Å². The number of methoxy groups -OCH3 is 1. The molecule has 0 amide bonds. The summed E-state index contributed by atoms with van der Waals surface area (Å²) in [6.45, 7) is 12.1. The molecular formula is C22H33N5O. The fourth-order valence-corrected chi connectivity index (χ4v) is 2.71. The summed E-state index contributed by atoms with van der Waals surface area (Å²) in [5, 5.41) is 5.31. The Morgan fingerprint density at radius 1 is 1.39 bits per heavy atom. The minimum absolute atomic E-state index is 0.253. The summed E-state index contributed by atoms with van der Waals surface area (Å²) < 4.78 is 4.93. The van der Waals surface area contributed by atoms with Crippen molar-refractivity contribution in [2.45, 2.75) is 46.1 Å². The third-order valence-corrected chi connectivity index (χ3v) is 4.14. The van der Waals surface area contributed by atoms with E-state index in [1.54, 1.807) is 6.20 Å². The number of terminal acetylenes is 1. The van der Waals surface area contributed by atoms with Crippen LogP contribution in [-0.2, 0) is 4.74 Å². The van der Waals surface area contributed by atoms with Crippen molar-refractivity contribution in [3.8, 4) is 12.3 Å². The van der Waals surface area contributed by atoms with Gasteiger partial charge in [0.05, 0.1) is 18.8 Å². The number of piperidine rings is 1. The van der Waals surface area contributed by atoms with Crippen LogP contribution in [0.3, 0.4) is 0 Å². The molecule has 0 aromatic rings. The molecule has 0 radical (unpaired) electrons. The number of nitrogens with one attached hydrogen (secondary N) is 2. The van der Waals surface area contributed by atoms with Gasteiger partial charge in [0, 0.05) is 18.3 Å². The van der Waals surface area contributed by atoms with E-state index in [0.717, 1.165) is 43.2 Å². The van der Waals surface area contributed by atoms with Crippen molar-refractivity contribution in [2.75, 3.05) is 20.2 Å². The lowest BCUT2D eigenvalue weighted by Crippen LogP contribution is -2.43.